The fourth-order valence-corrected chi connectivity index (χ4v) is 5.17. The van der Waals surface area contributed by atoms with Crippen molar-refractivity contribution in [1.29, 1.82) is 0 Å². The minimum absolute atomic E-state index is 0.387. The molecule has 0 spiro atoms. The van der Waals surface area contributed by atoms with Crippen LogP contribution in [0.1, 0.15) is 39.0 Å². The minimum atomic E-state index is -1.70. The predicted molar refractivity (Wildman–Crippen MR) is 147 cm³/mol. The van der Waals surface area contributed by atoms with Crippen LogP contribution in [-0.2, 0) is 14.3 Å². The zero-order valence-corrected chi connectivity index (χ0v) is 21.3. The number of rotatable bonds is 8. The minimum Gasteiger partial charge on any atom is -0.467 e. The van der Waals surface area contributed by atoms with Crippen LogP contribution in [0.15, 0.2) is 109 Å². The Bertz CT molecular complexity index is 1440. The quantitative estimate of drug-likeness (QED) is 0.305. The molecule has 0 radical (unpaired) electrons. The first kappa shape index (κ1) is 25.9. The maximum absolute atomic E-state index is 13.6. The number of hydrogen-bond acceptors (Lipinski definition) is 5. The Balaban J connectivity index is 1.46. The Morgan fingerprint density at radius 1 is 0.718 bits per heavy atom. The highest BCUT2D eigenvalue weighted by Crippen LogP contribution is 2.46. The average molecular weight is 521 g/mol. The Morgan fingerprint density at radius 2 is 1.23 bits per heavy atom. The van der Waals surface area contributed by atoms with Crippen LogP contribution in [0, 0.1) is 0 Å². The van der Waals surface area contributed by atoms with Crippen molar-refractivity contribution in [2.45, 2.75) is 24.1 Å². The summed E-state index contributed by atoms with van der Waals surface area (Å²) in [5, 5.41) is 16.8. The van der Waals surface area contributed by atoms with E-state index in [0.717, 1.165) is 22.3 Å². The molecular weight excluding hydrogens is 492 g/mol. The predicted octanol–water partition coefficient (Wildman–Crippen LogP) is 3.99. The Morgan fingerprint density at radius 3 is 1.79 bits per heavy atom. The molecule has 0 aliphatic heterocycles. The molecule has 2 amide bonds. The van der Waals surface area contributed by atoms with Crippen LogP contribution in [0.5, 0.6) is 0 Å². The molecule has 4 aromatic rings. The zero-order chi connectivity index (χ0) is 27.4. The first-order valence-corrected chi connectivity index (χ1v) is 12.6. The molecule has 1 aliphatic rings. The number of hydrogen-bond donors (Lipinski definition) is 3. The highest BCUT2D eigenvalue weighted by atomic mass is 16.5. The fourth-order valence-electron chi connectivity index (χ4n) is 5.17. The van der Waals surface area contributed by atoms with Crippen LogP contribution in [0.3, 0.4) is 0 Å². The molecule has 7 heteroatoms. The van der Waals surface area contributed by atoms with Crippen LogP contribution >= 0.6 is 0 Å². The highest BCUT2D eigenvalue weighted by Gasteiger charge is 2.41. The summed E-state index contributed by atoms with van der Waals surface area (Å²) >= 11 is 0. The molecule has 0 saturated heterocycles. The topological polar surface area (TPSA) is 105 Å². The number of ether oxygens (including phenoxy) is 1. The molecule has 0 fully saturated rings. The van der Waals surface area contributed by atoms with Crippen molar-refractivity contribution in [3.63, 3.8) is 0 Å². The van der Waals surface area contributed by atoms with Gasteiger partial charge in [-0.1, -0.05) is 97.1 Å². The van der Waals surface area contributed by atoms with E-state index in [2.05, 4.69) is 10.6 Å². The molecule has 7 nitrogen and oxygen atoms in total. The van der Waals surface area contributed by atoms with Crippen molar-refractivity contribution in [2.24, 2.45) is 0 Å². The number of benzene rings is 4. The molecule has 1 aliphatic carbocycles. The van der Waals surface area contributed by atoms with E-state index in [9.17, 15) is 19.5 Å². The number of esters is 1. The summed E-state index contributed by atoms with van der Waals surface area (Å²) in [6.45, 7) is 0. The Labute approximate surface area is 226 Å². The summed E-state index contributed by atoms with van der Waals surface area (Å²) < 4.78 is 5.10. The number of methoxy groups -OCH3 is 1. The Kier molecular flexibility index (Phi) is 7.52. The van der Waals surface area contributed by atoms with E-state index in [4.69, 9.17) is 4.74 Å². The third kappa shape index (κ3) is 5.17. The SMILES string of the molecule is COC(=O)[C@@H](NC(=O)[C@H](O)[C@@H](NC(=O)c1ccccc1)c1ccccc1)C1c2ccccc2-c2ccccc21. The van der Waals surface area contributed by atoms with Crippen molar-refractivity contribution >= 4 is 17.8 Å². The molecule has 0 aromatic heterocycles. The molecule has 0 saturated carbocycles. The second-order valence-corrected chi connectivity index (χ2v) is 9.33. The van der Waals surface area contributed by atoms with E-state index < -0.39 is 41.9 Å². The van der Waals surface area contributed by atoms with Gasteiger partial charge in [0.25, 0.3) is 11.8 Å². The summed E-state index contributed by atoms with van der Waals surface area (Å²) in [6, 6.07) is 30.5. The molecule has 3 N–H and O–H groups in total. The van der Waals surface area contributed by atoms with E-state index in [0.29, 0.717) is 11.1 Å². The summed E-state index contributed by atoms with van der Waals surface area (Å²) in [4.78, 5) is 39.6. The van der Waals surface area contributed by atoms with Gasteiger partial charge in [0.2, 0.25) is 0 Å². The standard InChI is InChI=1S/C32H28N2O5/c1-39-32(38)28(26-24-18-10-8-16-22(24)23-17-9-11-19-25(23)26)34-31(37)29(35)27(20-12-4-2-5-13-20)33-30(36)21-14-6-3-7-15-21/h2-19,26-29,35H,1H3,(H,33,36)(H,34,37)/t27-,28-,29+/m0/s1. The van der Waals surface area contributed by atoms with Gasteiger partial charge in [-0.3, -0.25) is 9.59 Å². The zero-order valence-electron chi connectivity index (χ0n) is 21.3. The van der Waals surface area contributed by atoms with Gasteiger partial charge in [0.05, 0.1) is 13.2 Å². The molecule has 4 aromatic carbocycles. The molecule has 196 valence electrons. The molecule has 3 atom stereocenters. The summed E-state index contributed by atoms with van der Waals surface area (Å²) in [7, 11) is 1.26. The lowest BCUT2D eigenvalue weighted by Gasteiger charge is -2.28. The monoisotopic (exact) mass is 520 g/mol. The highest BCUT2D eigenvalue weighted by molar-refractivity contribution is 5.95. The van der Waals surface area contributed by atoms with Crippen molar-refractivity contribution in [2.75, 3.05) is 7.11 Å². The van der Waals surface area contributed by atoms with Gasteiger partial charge in [0.1, 0.15) is 6.04 Å². The summed E-state index contributed by atoms with van der Waals surface area (Å²) in [5.74, 6) is -2.42. The fraction of sp³-hybridized carbons (Fsp3) is 0.156. The lowest BCUT2D eigenvalue weighted by atomic mass is 9.88. The second-order valence-electron chi connectivity index (χ2n) is 9.33. The number of nitrogens with one attached hydrogen (secondary N) is 2. The van der Waals surface area contributed by atoms with Crippen LogP contribution in [0.4, 0.5) is 0 Å². The van der Waals surface area contributed by atoms with Crippen molar-refractivity contribution in [3.8, 4) is 11.1 Å². The van der Waals surface area contributed by atoms with E-state index in [1.54, 1.807) is 60.7 Å². The summed E-state index contributed by atoms with van der Waals surface area (Å²) in [5.41, 5.74) is 4.62. The van der Waals surface area contributed by atoms with Crippen LogP contribution in [0.2, 0.25) is 0 Å². The molecule has 0 heterocycles. The largest absolute Gasteiger partial charge is 0.467 e. The summed E-state index contributed by atoms with van der Waals surface area (Å²) in [6.07, 6.45) is -1.70. The average Bonchev–Trinajstić information content (AvgIpc) is 3.32. The number of aliphatic hydroxyl groups excluding tert-OH is 1. The lowest BCUT2D eigenvalue weighted by molar-refractivity contribution is -0.147. The molecule has 0 bridgehead atoms. The van der Waals surface area contributed by atoms with Crippen molar-refractivity contribution < 1.29 is 24.2 Å². The van der Waals surface area contributed by atoms with Gasteiger partial charge in [-0.25, -0.2) is 4.79 Å². The molecule has 5 rings (SSSR count). The van der Waals surface area contributed by atoms with E-state index >= 15 is 0 Å². The Hall–Kier alpha value is -4.75. The van der Waals surface area contributed by atoms with Crippen LogP contribution in [0.25, 0.3) is 11.1 Å². The van der Waals surface area contributed by atoms with Gasteiger partial charge in [-0.2, -0.15) is 0 Å². The first-order valence-electron chi connectivity index (χ1n) is 12.6. The van der Waals surface area contributed by atoms with Gasteiger partial charge >= 0.3 is 5.97 Å². The molecular formula is C32H28N2O5. The lowest BCUT2D eigenvalue weighted by Crippen LogP contribution is -2.52. The first-order chi connectivity index (χ1) is 19.0. The molecule has 0 unspecified atom stereocenters. The smallest absolute Gasteiger partial charge is 0.329 e. The maximum atomic E-state index is 13.6. The van der Waals surface area contributed by atoms with E-state index in [1.807, 2.05) is 48.5 Å². The van der Waals surface area contributed by atoms with Gasteiger partial charge in [-0.15, -0.1) is 0 Å². The van der Waals surface area contributed by atoms with Gasteiger partial charge < -0.3 is 20.5 Å². The van der Waals surface area contributed by atoms with Gasteiger partial charge in [0, 0.05) is 11.5 Å². The molecule has 39 heavy (non-hydrogen) atoms. The second kappa shape index (κ2) is 11.3. The number of aliphatic hydroxyl groups is 1. The number of fused-ring (bicyclic) bond motifs is 3. The maximum Gasteiger partial charge on any atom is 0.329 e. The van der Waals surface area contributed by atoms with Crippen molar-refractivity contribution in [1.82, 2.24) is 10.6 Å². The van der Waals surface area contributed by atoms with Gasteiger partial charge in [0.15, 0.2) is 6.10 Å². The normalized spacial score (nSPS) is 14.3. The third-order valence-electron chi connectivity index (χ3n) is 7.03. The van der Waals surface area contributed by atoms with Gasteiger partial charge in [-0.05, 0) is 39.9 Å². The van der Waals surface area contributed by atoms with Crippen molar-refractivity contribution in [3.05, 3.63) is 131 Å². The number of carbonyl (C=O) groups is 3. The number of amides is 2. The number of carbonyl (C=O) groups excluding carboxylic acids is 3. The van der Waals surface area contributed by atoms with Crippen LogP contribution < -0.4 is 10.6 Å². The third-order valence-corrected chi connectivity index (χ3v) is 7.03. The van der Waals surface area contributed by atoms with E-state index in [-0.39, 0.29) is 0 Å². The van der Waals surface area contributed by atoms with Crippen LogP contribution in [-0.4, -0.2) is 42.1 Å². The van der Waals surface area contributed by atoms with E-state index in [1.165, 1.54) is 7.11 Å².